The highest BCUT2D eigenvalue weighted by atomic mass is 79.9. The Labute approximate surface area is 118 Å². The van der Waals surface area contributed by atoms with E-state index in [1.54, 1.807) is 11.3 Å². The van der Waals surface area contributed by atoms with Crippen molar-refractivity contribution < 1.29 is 4.74 Å². The predicted molar refractivity (Wildman–Crippen MR) is 75.9 cm³/mol. The highest BCUT2D eigenvalue weighted by Crippen LogP contribution is 2.41. The smallest absolute Gasteiger partial charge is 0.152 e. The Kier molecular flexibility index (Phi) is 3.13. The standard InChI is InChI=1S/C13H13BrN2OS/c1-7-6-18-13(16-7)12-5-10(15)9-3-2-8(14)4-11(9)17-12/h2-4,6,10,12H,5,15H2,1H3. The molecule has 0 saturated carbocycles. The third kappa shape index (κ3) is 2.18. The van der Waals surface area contributed by atoms with Crippen LogP contribution in [0, 0.1) is 6.92 Å². The summed E-state index contributed by atoms with van der Waals surface area (Å²) < 4.78 is 7.02. The Morgan fingerprint density at radius 1 is 1.50 bits per heavy atom. The zero-order valence-corrected chi connectivity index (χ0v) is 12.3. The molecule has 1 aromatic heterocycles. The second-order valence-corrected chi connectivity index (χ2v) is 6.26. The number of fused-ring (bicyclic) bond motifs is 1. The SMILES string of the molecule is Cc1csc(C2CC(N)c3ccc(Br)cc3O2)n1. The number of hydrogen-bond donors (Lipinski definition) is 1. The van der Waals surface area contributed by atoms with E-state index in [-0.39, 0.29) is 12.1 Å². The third-order valence-electron chi connectivity index (χ3n) is 3.02. The minimum absolute atomic E-state index is 0.0102. The Morgan fingerprint density at radius 2 is 2.33 bits per heavy atom. The fourth-order valence-corrected chi connectivity index (χ4v) is 3.32. The lowest BCUT2D eigenvalue weighted by Crippen LogP contribution is -2.24. The number of nitrogens with zero attached hydrogens (tertiary/aromatic N) is 1. The second kappa shape index (κ2) is 4.64. The van der Waals surface area contributed by atoms with Gasteiger partial charge in [-0.25, -0.2) is 4.98 Å². The highest BCUT2D eigenvalue weighted by molar-refractivity contribution is 9.10. The molecule has 0 fully saturated rings. The van der Waals surface area contributed by atoms with Crippen LogP contribution in [0.25, 0.3) is 0 Å². The van der Waals surface area contributed by atoms with Crippen molar-refractivity contribution in [3.8, 4) is 5.75 Å². The maximum atomic E-state index is 6.21. The lowest BCUT2D eigenvalue weighted by Gasteiger charge is -2.29. The van der Waals surface area contributed by atoms with E-state index in [4.69, 9.17) is 10.5 Å². The summed E-state index contributed by atoms with van der Waals surface area (Å²) in [6, 6.07) is 6.00. The van der Waals surface area contributed by atoms with Crippen LogP contribution in [0.2, 0.25) is 0 Å². The van der Waals surface area contributed by atoms with Gasteiger partial charge in [-0.05, 0) is 19.1 Å². The van der Waals surface area contributed by atoms with Crippen LogP contribution in [-0.4, -0.2) is 4.98 Å². The summed E-state index contributed by atoms with van der Waals surface area (Å²) in [7, 11) is 0. The van der Waals surface area contributed by atoms with Crippen LogP contribution in [0.1, 0.15) is 34.8 Å². The summed E-state index contributed by atoms with van der Waals surface area (Å²) in [6.45, 7) is 1.99. The van der Waals surface area contributed by atoms with Gasteiger partial charge in [0.2, 0.25) is 0 Å². The molecule has 2 N–H and O–H groups in total. The van der Waals surface area contributed by atoms with Gasteiger partial charge in [-0.1, -0.05) is 22.0 Å². The van der Waals surface area contributed by atoms with Gasteiger partial charge in [-0.2, -0.15) is 0 Å². The first-order chi connectivity index (χ1) is 8.63. The van der Waals surface area contributed by atoms with Gasteiger partial charge >= 0.3 is 0 Å². The maximum absolute atomic E-state index is 6.21. The van der Waals surface area contributed by atoms with Crippen LogP contribution in [0.4, 0.5) is 0 Å². The summed E-state index contributed by atoms with van der Waals surface area (Å²) in [6.07, 6.45) is 0.752. The van der Waals surface area contributed by atoms with Crippen molar-refractivity contribution in [3.63, 3.8) is 0 Å². The molecule has 2 atom stereocenters. The van der Waals surface area contributed by atoms with E-state index in [2.05, 4.69) is 20.9 Å². The van der Waals surface area contributed by atoms with Crippen LogP contribution in [-0.2, 0) is 0 Å². The van der Waals surface area contributed by atoms with Crippen LogP contribution < -0.4 is 10.5 Å². The molecule has 0 amide bonds. The molecular weight excluding hydrogens is 312 g/mol. The summed E-state index contributed by atoms with van der Waals surface area (Å²) in [5, 5.41) is 3.05. The molecule has 2 heterocycles. The van der Waals surface area contributed by atoms with Crippen LogP contribution >= 0.6 is 27.3 Å². The van der Waals surface area contributed by atoms with Crippen LogP contribution in [0.15, 0.2) is 28.1 Å². The van der Waals surface area contributed by atoms with Crippen molar-refractivity contribution in [2.24, 2.45) is 5.73 Å². The molecule has 2 aromatic rings. The van der Waals surface area contributed by atoms with Gasteiger partial charge in [0.15, 0.2) is 6.10 Å². The van der Waals surface area contributed by atoms with E-state index in [1.807, 2.05) is 30.5 Å². The summed E-state index contributed by atoms with van der Waals surface area (Å²) >= 11 is 5.09. The van der Waals surface area contributed by atoms with Crippen LogP contribution in [0.5, 0.6) is 5.75 Å². The molecule has 1 aliphatic heterocycles. The molecule has 2 unspecified atom stereocenters. The molecule has 3 rings (SSSR count). The van der Waals surface area contributed by atoms with Crippen molar-refractivity contribution in [2.75, 3.05) is 0 Å². The molecule has 1 aromatic carbocycles. The number of aromatic nitrogens is 1. The van der Waals surface area contributed by atoms with E-state index in [0.717, 1.165) is 32.9 Å². The number of benzene rings is 1. The number of hydrogen-bond acceptors (Lipinski definition) is 4. The van der Waals surface area contributed by atoms with Crippen molar-refractivity contribution >= 4 is 27.3 Å². The molecule has 18 heavy (non-hydrogen) atoms. The third-order valence-corrected chi connectivity index (χ3v) is 4.57. The number of rotatable bonds is 1. The zero-order chi connectivity index (χ0) is 12.7. The quantitative estimate of drug-likeness (QED) is 0.869. The predicted octanol–water partition coefficient (Wildman–Crippen LogP) is 3.74. The van der Waals surface area contributed by atoms with Gasteiger partial charge in [-0.3, -0.25) is 0 Å². The fourth-order valence-electron chi connectivity index (χ4n) is 2.15. The minimum atomic E-state index is -0.0273. The van der Waals surface area contributed by atoms with Gasteiger partial charge < -0.3 is 10.5 Å². The zero-order valence-electron chi connectivity index (χ0n) is 9.89. The summed E-state index contributed by atoms with van der Waals surface area (Å²) in [5.41, 5.74) is 8.32. The normalized spacial score (nSPS) is 22.4. The Hall–Kier alpha value is -0.910. The first kappa shape index (κ1) is 12.1. The molecule has 3 nitrogen and oxygen atoms in total. The first-order valence-corrected chi connectivity index (χ1v) is 7.44. The number of thiazole rings is 1. The minimum Gasteiger partial charge on any atom is -0.483 e. The Morgan fingerprint density at radius 3 is 3.06 bits per heavy atom. The highest BCUT2D eigenvalue weighted by Gasteiger charge is 2.28. The van der Waals surface area contributed by atoms with Gasteiger partial charge in [0, 0.05) is 33.6 Å². The number of aryl methyl sites for hydroxylation is 1. The van der Waals surface area contributed by atoms with E-state index < -0.39 is 0 Å². The molecule has 0 radical (unpaired) electrons. The van der Waals surface area contributed by atoms with Crippen LogP contribution in [0.3, 0.4) is 0 Å². The average molecular weight is 325 g/mol. The molecule has 0 aliphatic carbocycles. The lowest BCUT2D eigenvalue weighted by atomic mass is 9.97. The first-order valence-electron chi connectivity index (χ1n) is 5.77. The van der Waals surface area contributed by atoms with E-state index >= 15 is 0 Å². The average Bonchev–Trinajstić information content (AvgIpc) is 2.75. The van der Waals surface area contributed by atoms with Gasteiger partial charge in [-0.15, -0.1) is 11.3 Å². The Bertz CT molecular complexity index is 584. The second-order valence-electron chi connectivity index (χ2n) is 4.46. The van der Waals surface area contributed by atoms with E-state index in [0.29, 0.717) is 0 Å². The molecule has 0 spiro atoms. The lowest BCUT2D eigenvalue weighted by molar-refractivity contribution is 0.161. The molecule has 1 aliphatic rings. The van der Waals surface area contributed by atoms with E-state index in [1.165, 1.54) is 0 Å². The molecule has 0 saturated heterocycles. The van der Waals surface area contributed by atoms with Crippen molar-refractivity contribution in [1.82, 2.24) is 4.98 Å². The van der Waals surface area contributed by atoms with E-state index in [9.17, 15) is 0 Å². The number of halogens is 1. The number of nitrogens with two attached hydrogens (primary N) is 1. The van der Waals surface area contributed by atoms with Gasteiger partial charge in [0.05, 0.1) is 0 Å². The van der Waals surface area contributed by atoms with Crippen molar-refractivity contribution in [1.29, 1.82) is 0 Å². The molecule has 94 valence electrons. The fraction of sp³-hybridized carbons (Fsp3) is 0.308. The summed E-state index contributed by atoms with van der Waals surface area (Å²) in [4.78, 5) is 4.49. The maximum Gasteiger partial charge on any atom is 0.152 e. The monoisotopic (exact) mass is 324 g/mol. The topological polar surface area (TPSA) is 48.1 Å². The molecular formula is C13H13BrN2OS. The Balaban J connectivity index is 1.95. The largest absolute Gasteiger partial charge is 0.483 e. The van der Waals surface area contributed by atoms with Gasteiger partial charge in [0.25, 0.3) is 0 Å². The molecule has 0 bridgehead atoms. The van der Waals surface area contributed by atoms with Crippen molar-refractivity contribution in [3.05, 3.63) is 44.3 Å². The molecule has 5 heteroatoms. The number of ether oxygens (including phenoxy) is 1. The van der Waals surface area contributed by atoms with Crippen molar-refractivity contribution in [2.45, 2.75) is 25.5 Å². The van der Waals surface area contributed by atoms with Gasteiger partial charge in [0.1, 0.15) is 10.8 Å². The summed E-state index contributed by atoms with van der Waals surface area (Å²) in [5.74, 6) is 0.862.